The zero-order chi connectivity index (χ0) is 5.86. The molecule has 0 aromatic carbocycles. The number of rotatable bonds is 1. The van der Waals surface area contributed by atoms with Gasteiger partial charge in [-0.15, -0.1) is 0 Å². The Balaban J connectivity index is 3.56. The Morgan fingerprint density at radius 3 is 2.43 bits per heavy atom. The number of carbonyl (C=O) groups excluding carboxylic acids is 1. The highest BCUT2D eigenvalue weighted by Gasteiger charge is 2.02. The summed E-state index contributed by atoms with van der Waals surface area (Å²) >= 11 is 0. The Morgan fingerprint density at radius 1 is 2.00 bits per heavy atom. The van der Waals surface area contributed by atoms with Crippen molar-refractivity contribution in [2.75, 3.05) is 0 Å². The molecule has 0 saturated heterocycles. The van der Waals surface area contributed by atoms with Crippen LogP contribution in [0, 0.1) is 0 Å². The fourth-order valence-electron chi connectivity index (χ4n) is 0.132. The van der Waals surface area contributed by atoms with Crippen LogP contribution in [0.2, 0.25) is 0 Å². The molecule has 1 atom stereocenters. The van der Waals surface area contributed by atoms with E-state index in [9.17, 15) is 4.79 Å². The number of aliphatic imine (C=N–C) groups is 1. The SMILES string of the molecule is C=NC(=O)[C@H](C)O. The van der Waals surface area contributed by atoms with Crippen LogP contribution in [0.4, 0.5) is 0 Å². The second kappa shape index (κ2) is 2.47. The van der Waals surface area contributed by atoms with Crippen LogP contribution in [-0.2, 0) is 4.79 Å². The summed E-state index contributed by atoms with van der Waals surface area (Å²) in [6.07, 6.45) is -1.00. The smallest absolute Gasteiger partial charge is 0.273 e. The number of amides is 1. The average Bonchev–Trinajstić information content (AvgIpc) is 1.65. The van der Waals surface area contributed by atoms with Crippen LogP contribution in [0.5, 0.6) is 0 Å². The zero-order valence-corrected chi connectivity index (χ0v) is 4.09. The monoisotopic (exact) mass is 101 g/mol. The molecule has 0 aromatic heterocycles. The van der Waals surface area contributed by atoms with Crippen molar-refractivity contribution in [1.82, 2.24) is 0 Å². The third kappa shape index (κ3) is 2.05. The molecule has 0 aliphatic heterocycles. The molecule has 0 spiro atoms. The van der Waals surface area contributed by atoms with E-state index in [1.165, 1.54) is 6.92 Å². The van der Waals surface area contributed by atoms with Gasteiger partial charge in [0, 0.05) is 0 Å². The second-order valence-electron chi connectivity index (χ2n) is 1.17. The summed E-state index contributed by atoms with van der Waals surface area (Å²) in [6.45, 7) is 4.27. The van der Waals surface area contributed by atoms with E-state index in [1.54, 1.807) is 0 Å². The van der Waals surface area contributed by atoms with E-state index in [-0.39, 0.29) is 0 Å². The Labute approximate surface area is 41.7 Å². The topological polar surface area (TPSA) is 49.7 Å². The number of nitrogens with zero attached hydrogens (tertiary/aromatic N) is 1. The standard InChI is InChI=1S/C4H7NO2/c1-3(6)4(7)5-2/h3,6H,2H2,1H3/t3-/m0/s1. The fourth-order valence-corrected chi connectivity index (χ4v) is 0.132. The Kier molecular flexibility index (Phi) is 2.22. The van der Waals surface area contributed by atoms with Gasteiger partial charge in [0.25, 0.3) is 5.91 Å². The van der Waals surface area contributed by atoms with Crippen LogP contribution in [0.3, 0.4) is 0 Å². The summed E-state index contributed by atoms with van der Waals surface area (Å²) in [6, 6.07) is 0. The van der Waals surface area contributed by atoms with Crippen molar-refractivity contribution < 1.29 is 9.90 Å². The molecule has 0 bridgehead atoms. The number of aliphatic hydroxyl groups is 1. The normalized spacial score (nSPS) is 12.9. The minimum atomic E-state index is -1.00. The molecule has 0 rings (SSSR count). The molecule has 40 valence electrons. The summed E-state index contributed by atoms with van der Waals surface area (Å²) in [5.74, 6) is -0.583. The maximum Gasteiger partial charge on any atom is 0.273 e. The zero-order valence-electron chi connectivity index (χ0n) is 4.09. The third-order valence-electron chi connectivity index (χ3n) is 0.513. The van der Waals surface area contributed by atoms with Gasteiger partial charge in [-0.25, -0.2) is 4.99 Å². The van der Waals surface area contributed by atoms with Crippen LogP contribution in [0.1, 0.15) is 6.92 Å². The largest absolute Gasteiger partial charge is 0.383 e. The first kappa shape index (κ1) is 6.30. The van der Waals surface area contributed by atoms with E-state index in [0.717, 1.165) is 0 Å². The minimum Gasteiger partial charge on any atom is -0.383 e. The van der Waals surface area contributed by atoms with E-state index in [1.807, 2.05) is 0 Å². The summed E-state index contributed by atoms with van der Waals surface area (Å²) in [4.78, 5) is 13.0. The first-order valence-corrected chi connectivity index (χ1v) is 1.87. The van der Waals surface area contributed by atoms with E-state index in [2.05, 4.69) is 11.7 Å². The van der Waals surface area contributed by atoms with Crippen LogP contribution >= 0.6 is 0 Å². The highest BCUT2D eigenvalue weighted by molar-refractivity contribution is 5.84. The number of hydrogen-bond acceptors (Lipinski definition) is 2. The first-order chi connectivity index (χ1) is 3.18. The van der Waals surface area contributed by atoms with Crippen molar-refractivity contribution >= 4 is 12.6 Å². The third-order valence-corrected chi connectivity index (χ3v) is 0.513. The van der Waals surface area contributed by atoms with Crippen molar-refractivity contribution in [3.8, 4) is 0 Å². The predicted molar refractivity (Wildman–Crippen MR) is 26.2 cm³/mol. The van der Waals surface area contributed by atoms with Gasteiger partial charge in [-0.05, 0) is 13.6 Å². The molecule has 1 amide bonds. The molecule has 7 heavy (non-hydrogen) atoms. The van der Waals surface area contributed by atoms with Gasteiger partial charge in [0.05, 0.1) is 0 Å². The van der Waals surface area contributed by atoms with Gasteiger partial charge in [0.1, 0.15) is 6.10 Å². The van der Waals surface area contributed by atoms with Gasteiger partial charge in [0.15, 0.2) is 0 Å². The molecule has 0 aliphatic carbocycles. The van der Waals surface area contributed by atoms with Crippen LogP contribution in [-0.4, -0.2) is 23.8 Å². The van der Waals surface area contributed by atoms with Crippen molar-refractivity contribution in [2.24, 2.45) is 4.99 Å². The lowest BCUT2D eigenvalue weighted by atomic mass is 10.4. The van der Waals surface area contributed by atoms with E-state index < -0.39 is 12.0 Å². The molecule has 0 saturated carbocycles. The van der Waals surface area contributed by atoms with Crippen LogP contribution in [0.25, 0.3) is 0 Å². The lowest BCUT2D eigenvalue weighted by molar-refractivity contribution is -0.124. The van der Waals surface area contributed by atoms with Crippen molar-refractivity contribution in [3.05, 3.63) is 0 Å². The second-order valence-corrected chi connectivity index (χ2v) is 1.17. The molecule has 0 aromatic rings. The Hall–Kier alpha value is -0.700. The lowest BCUT2D eigenvalue weighted by Gasteiger charge is -1.91. The number of carbonyl (C=O) groups is 1. The molecule has 0 radical (unpaired) electrons. The van der Waals surface area contributed by atoms with Gasteiger partial charge < -0.3 is 5.11 Å². The fraction of sp³-hybridized carbons (Fsp3) is 0.500. The molecular formula is C4H7NO2. The van der Waals surface area contributed by atoms with E-state index in [0.29, 0.717) is 0 Å². The Bertz CT molecular complexity index is 87.7. The molecule has 0 aliphatic rings. The van der Waals surface area contributed by atoms with Gasteiger partial charge in [-0.2, -0.15) is 0 Å². The quantitative estimate of drug-likeness (QED) is 0.456. The van der Waals surface area contributed by atoms with Gasteiger partial charge in [-0.1, -0.05) is 0 Å². The molecule has 0 unspecified atom stereocenters. The predicted octanol–water partition coefficient (Wildman–Crippen LogP) is -0.406. The molecule has 0 heterocycles. The molecule has 1 N–H and O–H groups in total. The number of hydrogen-bond donors (Lipinski definition) is 1. The number of aliphatic hydroxyl groups excluding tert-OH is 1. The lowest BCUT2D eigenvalue weighted by Crippen LogP contribution is -2.11. The summed E-state index contributed by atoms with van der Waals surface area (Å²) in [5.41, 5.74) is 0. The summed E-state index contributed by atoms with van der Waals surface area (Å²) in [7, 11) is 0. The van der Waals surface area contributed by atoms with Gasteiger partial charge in [0.2, 0.25) is 0 Å². The van der Waals surface area contributed by atoms with E-state index >= 15 is 0 Å². The van der Waals surface area contributed by atoms with Crippen molar-refractivity contribution in [1.29, 1.82) is 0 Å². The maximum absolute atomic E-state index is 10.0. The van der Waals surface area contributed by atoms with Crippen molar-refractivity contribution in [3.63, 3.8) is 0 Å². The summed E-state index contributed by atoms with van der Waals surface area (Å²) < 4.78 is 0. The highest BCUT2D eigenvalue weighted by atomic mass is 16.3. The van der Waals surface area contributed by atoms with Gasteiger partial charge in [-0.3, -0.25) is 4.79 Å². The maximum atomic E-state index is 10.0. The molecule has 3 heteroatoms. The van der Waals surface area contributed by atoms with Crippen LogP contribution < -0.4 is 0 Å². The molecule has 0 fully saturated rings. The summed E-state index contributed by atoms with van der Waals surface area (Å²) in [5, 5.41) is 8.34. The van der Waals surface area contributed by atoms with Crippen LogP contribution in [0.15, 0.2) is 4.99 Å². The first-order valence-electron chi connectivity index (χ1n) is 1.87. The highest BCUT2D eigenvalue weighted by Crippen LogP contribution is 1.80. The average molecular weight is 101 g/mol. The molecular weight excluding hydrogens is 94.0 g/mol. The van der Waals surface area contributed by atoms with Gasteiger partial charge >= 0.3 is 0 Å². The van der Waals surface area contributed by atoms with E-state index in [4.69, 9.17) is 5.11 Å². The Morgan fingerprint density at radius 2 is 2.43 bits per heavy atom. The van der Waals surface area contributed by atoms with Crippen molar-refractivity contribution in [2.45, 2.75) is 13.0 Å². The minimum absolute atomic E-state index is 0.583. The molecule has 3 nitrogen and oxygen atoms in total.